The van der Waals surface area contributed by atoms with E-state index in [0.29, 0.717) is 17.7 Å². The number of aliphatic hydroxyl groups excluding tert-OH is 2. The second kappa shape index (κ2) is 13.0. The van der Waals surface area contributed by atoms with Gasteiger partial charge in [-0.15, -0.1) is 0 Å². The number of hydrogen-bond donors (Lipinski definition) is 3. The molecule has 2 saturated heterocycles. The van der Waals surface area contributed by atoms with E-state index < -0.39 is 53.8 Å². The molecule has 0 saturated carbocycles. The average Bonchev–Trinajstić information content (AvgIpc) is 3.34. The molecule has 2 aromatic rings. The number of alkyl halides is 3. The van der Waals surface area contributed by atoms with Gasteiger partial charge in [0.1, 0.15) is 11.9 Å². The van der Waals surface area contributed by atoms with Crippen LogP contribution >= 0.6 is 0 Å². The van der Waals surface area contributed by atoms with Crippen molar-refractivity contribution in [2.24, 2.45) is 17.3 Å². The number of aliphatic hydroxyl groups is 2. The van der Waals surface area contributed by atoms with Crippen molar-refractivity contribution in [3.05, 3.63) is 52.9 Å². The topological polar surface area (TPSA) is 124 Å². The highest BCUT2D eigenvalue weighted by atomic mass is 19.4. The minimum atomic E-state index is -4.49. The highest BCUT2D eigenvalue weighted by molar-refractivity contribution is 5.88. The number of hydrogen-bond acceptors (Lipinski definition) is 7. The van der Waals surface area contributed by atoms with Gasteiger partial charge in [0, 0.05) is 30.1 Å². The Bertz CT molecular complexity index is 1430. The van der Waals surface area contributed by atoms with E-state index in [1.54, 1.807) is 52.1 Å². The first kappa shape index (κ1) is 34.8. The van der Waals surface area contributed by atoms with Crippen molar-refractivity contribution in [2.45, 2.75) is 117 Å². The maximum atomic E-state index is 13.5. The maximum Gasteiger partial charge on any atom is 0.416 e. The molecule has 1 aromatic carbocycles. The molecule has 1 aromatic heterocycles. The molecule has 0 radical (unpaired) electrons. The molecule has 2 aliphatic rings. The lowest BCUT2D eigenvalue weighted by Crippen LogP contribution is -2.45. The lowest BCUT2D eigenvalue weighted by molar-refractivity contribution is -0.154. The summed E-state index contributed by atoms with van der Waals surface area (Å²) in [4.78, 5) is 26.5. The molecular formula is C34H46F3N3O5. The Hall–Kier alpha value is -3.02. The molecule has 248 valence electrons. The van der Waals surface area contributed by atoms with Gasteiger partial charge in [-0.2, -0.15) is 18.3 Å². The second-order valence-corrected chi connectivity index (χ2v) is 13.9. The summed E-state index contributed by atoms with van der Waals surface area (Å²) in [6.45, 7) is 12.1. The number of aromatic nitrogens is 2. The van der Waals surface area contributed by atoms with E-state index in [4.69, 9.17) is 4.74 Å². The summed E-state index contributed by atoms with van der Waals surface area (Å²) in [5, 5.41) is 29.9. The lowest BCUT2D eigenvalue weighted by atomic mass is 9.73. The summed E-state index contributed by atoms with van der Waals surface area (Å²) >= 11 is 0. The van der Waals surface area contributed by atoms with Crippen molar-refractivity contribution in [1.82, 2.24) is 15.1 Å². The van der Waals surface area contributed by atoms with Gasteiger partial charge >= 0.3 is 12.1 Å². The molecule has 7 atom stereocenters. The number of rotatable bonds is 3. The predicted molar refractivity (Wildman–Crippen MR) is 164 cm³/mol. The highest BCUT2D eigenvalue weighted by Crippen LogP contribution is 2.39. The zero-order valence-corrected chi connectivity index (χ0v) is 27.1. The van der Waals surface area contributed by atoms with Crippen LogP contribution in [0.3, 0.4) is 0 Å². The number of carbonyl (C=O) groups is 2. The number of nitrogens with zero attached hydrogens (tertiary/aromatic N) is 2. The van der Waals surface area contributed by atoms with E-state index in [1.165, 1.54) is 17.7 Å². The molecule has 0 amide bonds. The first-order valence-electron chi connectivity index (χ1n) is 15.6. The summed E-state index contributed by atoms with van der Waals surface area (Å²) < 4.78 is 47.7. The van der Waals surface area contributed by atoms with E-state index in [1.807, 2.05) is 6.92 Å². The van der Waals surface area contributed by atoms with Gasteiger partial charge in [-0.3, -0.25) is 9.59 Å². The minimum absolute atomic E-state index is 0.0551. The number of halogens is 3. The van der Waals surface area contributed by atoms with Crippen molar-refractivity contribution in [1.29, 1.82) is 0 Å². The summed E-state index contributed by atoms with van der Waals surface area (Å²) in [5.41, 5.74) is -0.654. The normalized spacial score (nSPS) is 32.1. The number of ketones is 1. The number of aryl methyl sites for hydroxylation is 1. The number of cyclic esters (lactones) is 1. The van der Waals surface area contributed by atoms with Gasteiger partial charge in [-0.25, -0.2) is 4.68 Å². The van der Waals surface area contributed by atoms with Crippen LogP contribution in [-0.2, 0) is 20.5 Å². The molecule has 0 unspecified atom stereocenters. The smallest absolute Gasteiger partial charge is 0.416 e. The Morgan fingerprint density at radius 3 is 2.51 bits per heavy atom. The molecule has 3 heterocycles. The minimum Gasteiger partial charge on any atom is -0.458 e. The van der Waals surface area contributed by atoms with Crippen LogP contribution in [-0.4, -0.2) is 61.6 Å². The van der Waals surface area contributed by atoms with Gasteiger partial charge in [0.05, 0.1) is 41.0 Å². The molecule has 3 N–H and O–H groups in total. The number of carbonyl (C=O) groups excluding carboxylic acids is 2. The fourth-order valence-corrected chi connectivity index (χ4v) is 6.39. The molecule has 0 bridgehead atoms. The molecule has 2 fully saturated rings. The fourth-order valence-electron chi connectivity index (χ4n) is 6.39. The quantitative estimate of drug-likeness (QED) is 0.289. The third-order valence-corrected chi connectivity index (χ3v) is 9.89. The van der Waals surface area contributed by atoms with Gasteiger partial charge < -0.3 is 20.3 Å². The van der Waals surface area contributed by atoms with Crippen LogP contribution in [0.25, 0.3) is 11.8 Å². The van der Waals surface area contributed by atoms with E-state index in [-0.39, 0.29) is 34.5 Å². The predicted octanol–water partition coefficient (Wildman–Crippen LogP) is 5.80. The van der Waals surface area contributed by atoms with Crippen LogP contribution in [0, 0.1) is 24.2 Å². The average molecular weight is 634 g/mol. The molecule has 0 aliphatic carbocycles. The molecule has 2 aliphatic heterocycles. The van der Waals surface area contributed by atoms with Crippen LogP contribution in [0.4, 0.5) is 13.2 Å². The standard InChI is InChI=1S/C34H46F3N3O5/c1-19-10-11-24(16-25(19)34(35,36)37)40-14-12-23(39-40)15-21(3)26-17-27-33(7,38-27)13-8-9-20(2)30(43)22(4)31(44)32(5,6)28(41)18-29(42)45-26/h10-12,14-16,20,22,26-28,30,38,41,43H,8-9,13,17-18H2,1-7H3/b21-15+/t20-,22+,26-,27-,28-,30-,33+/m0/s1. The summed E-state index contributed by atoms with van der Waals surface area (Å²) in [7, 11) is 0. The highest BCUT2D eigenvalue weighted by Gasteiger charge is 2.50. The van der Waals surface area contributed by atoms with E-state index in [2.05, 4.69) is 17.3 Å². The summed E-state index contributed by atoms with van der Waals surface area (Å²) in [6.07, 6.45) is -1.57. The van der Waals surface area contributed by atoms with Crippen LogP contribution in [0.15, 0.2) is 36.0 Å². The van der Waals surface area contributed by atoms with Gasteiger partial charge in [0.2, 0.25) is 0 Å². The maximum absolute atomic E-state index is 13.5. The van der Waals surface area contributed by atoms with Crippen molar-refractivity contribution < 1.29 is 37.7 Å². The first-order valence-corrected chi connectivity index (χ1v) is 15.6. The van der Waals surface area contributed by atoms with E-state index in [9.17, 15) is 33.0 Å². The van der Waals surface area contributed by atoms with Crippen LogP contribution < -0.4 is 5.32 Å². The van der Waals surface area contributed by atoms with Crippen LogP contribution in [0.1, 0.15) is 90.5 Å². The Labute approximate surface area is 263 Å². The Morgan fingerprint density at radius 2 is 1.84 bits per heavy atom. The molecular weight excluding hydrogens is 587 g/mol. The van der Waals surface area contributed by atoms with Crippen molar-refractivity contribution >= 4 is 17.8 Å². The SMILES string of the molecule is C/C(=C\c1ccn(-c2ccc(C)c(C(F)(F)F)c2)n1)[C@@H]1C[C@@H]2N[C@]2(C)CCC[C@H](C)[C@H](O)[C@@H](C)C(=O)C(C)(C)[C@@H](O)CC(=O)O1. The molecule has 4 rings (SSSR count). The number of Topliss-reactive ketones (excluding diaryl/α,β-unsaturated/α-hetero) is 1. The first-order chi connectivity index (χ1) is 20.8. The third kappa shape index (κ3) is 7.86. The molecule has 11 heteroatoms. The Kier molecular flexibility index (Phi) is 10.1. The molecule has 8 nitrogen and oxygen atoms in total. The summed E-state index contributed by atoms with van der Waals surface area (Å²) in [6, 6.07) is 5.76. The number of benzene rings is 1. The van der Waals surface area contributed by atoms with E-state index in [0.717, 1.165) is 25.3 Å². The van der Waals surface area contributed by atoms with Crippen molar-refractivity contribution in [3.63, 3.8) is 0 Å². The monoisotopic (exact) mass is 633 g/mol. The zero-order chi connectivity index (χ0) is 33.5. The zero-order valence-electron chi connectivity index (χ0n) is 27.1. The van der Waals surface area contributed by atoms with Crippen molar-refractivity contribution in [3.8, 4) is 5.69 Å². The summed E-state index contributed by atoms with van der Waals surface area (Å²) in [5.74, 6) is -1.81. The number of ether oxygens (including phenoxy) is 1. The van der Waals surface area contributed by atoms with Crippen LogP contribution in [0.5, 0.6) is 0 Å². The molecule has 0 spiro atoms. The van der Waals surface area contributed by atoms with E-state index >= 15 is 0 Å². The van der Waals surface area contributed by atoms with Crippen LogP contribution in [0.2, 0.25) is 0 Å². The molecule has 45 heavy (non-hydrogen) atoms. The number of nitrogens with one attached hydrogen (secondary N) is 1. The number of fused-ring (bicyclic) bond motifs is 1. The van der Waals surface area contributed by atoms with Gasteiger partial charge in [-0.1, -0.05) is 40.2 Å². The Morgan fingerprint density at radius 1 is 1.16 bits per heavy atom. The van der Waals surface area contributed by atoms with Gasteiger partial charge in [-0.05, 0) is 74.9 Å². The van der Waals surface area contributed by atoms with Crippen molar-refractivity contribution in [2.75, 3.05) is 0 Å². The second-order valence-electron chi connectivity index (χ2n) is 13.9. The lowest BCUT2D eigenvalue weighted by Gasteiger charge is -2.34. The number of esters is 1. The van der Waals surface area contributed by atoms with Gasteiger partial charge in [0.15, 0.2) is 0 Å². The third-order valence-electron chi connectivity index (χ3n) is 9.89. The Balaban J connectivity index is 1.59. The largest absolute Gasteiger partial charge is 0.458 e. The van der Waals surface area contributed by atoms with Gasteiger partial charge in [0.25, 0.3) is 0 Å². The fraction of sp³-hybridized carbons (Fsp3) is 0.618.